The van der Waals surface area contributed by atoms with Gasteiger partial charge in [0, 0.05) is 5.39 Å². The highest BCUT2D eigenvalue weighted by Gasteiger charge is 2.07. The first-order valence-electron chi connectivity index (χ1n) is 6.47. The monoisotopic (exact) mass is 280 g/mol. The van der Waals surface area contributed by atoms with Crippen LogP contribution >= 0.6 is 0 Å². The minimum atomic E-state index is -0.433. The van der Waals surface area contributed by atoms with Crippen molar-refractivity contribution in [2.75, 3.05) is 0 Å². The summed E-state index contributed by atoms with van der Waals surface area (Å²) < 4.78 is 10.8. The lowest BCUT2D eigenvalue weighted by molar-refractivity contribution is 0.111. The molecular weight excluding hydrogens is 268 g/mol. The molecule has 0 aliphatic rings. The normalized spacial score (nSPS) is 10.5. The summed E-state index contributed by atoms with van der Waals surface area (Å²) >= 11 is 0. The fraction of sp³-hybridized carbons (Fsp3) is 0.0588. The molecule has 3 rings (SSSR count). The first-order chi connectivity index (χ1) is 10.3. The van der Waals surface area contributed by atoms with Gasteiger partial charge in [0.05, 0.1) is 11.1 Å². The number of aldehydes is 1. The van der Waals surface area contributed by atoms with Crippen LogP contribution < -0.4 is 10.4 Å². The molecule has 1 aromatic heterocycles. The van der Waals surface area contributed by atoms with E-state index in [2.05, 4.69) is 0 Å². The molecule has 0 spiro atoms. The summed E-state index contributed by atoms with van der Waals surface area (Å²) in [6.45, 7) is 0.0536. The second-order valence-electron chi connectivity index (χ2n) is 4.54. The second-order valence-corrected chi connectivity index (χ2v) is 4.54. The number of fused-ring (bicyclic) bond motifs is 1. The summed E-state index contributed by atoms with van der Waals surface area (Å²) in [5.41, 5.74) is 0.967. The fourth-order valence-corrected chi connectivity index (χ4v) is 2.07. The maximum Gasteiger partial charge on any atom is 0.342 e. The first kappa shape index (κ1) is 13.1. The predicted molar refractivity (Wildman–Crippen MR) is 78.6 cm³/mol. The summed E-state index contributed by atoms with van der Waals surface area (Å²) in [7, 11) is 0. The fourth-order valence-electron chi connectivity index (χ4n) is 2.07. The smallest absolute Gasteiger partial charge is 0.342 e. The van der Waals surface area contributed by atoms with Gasteiger partial charge in [-0.2, -0.15) is 0 Å². The minimum Gasteiger partial charge on any atom is -0.488 e. The van der Waals surface area contributed by atoms with Gasteiger partial charge in [-0.25, -0.2) is 4.79 Å². The largest absolute Gasteiger partial charge is 0.488 e. The summed E-state index contributed by atoms with van der Waals surface area (Å²) in [6.07, 6.45) is 0.720. The van der Waals surface area contributed by atoms with E-state index in [1.54, 1.807) is 36.4 Å². The molecule has 0 unspecified atom stereocenters. The number of benzene rings is 2. The lowest BCUT2D eigenvalue weighted by Crippen LogP contribution is -2.10. The van der Waals surface area contributed by atoms with Crippen LogP contribution in [0, 0.1) is 0 Å². The summed E-state index contributed by atoms with van der Waals surface area (Å²) in [5.74, 6) is 0.444. The van der Waals surface area contributed by atoms with Gasteiger partial charge in [0.25, 0.3) is 0 Å². The Morgan fingerprint density at radius 2 is 1.81 bits per heavy atom. The van der Waals surface area contributed by atoms with E-state index >= 15 is 0 Å². The van der Waals surface area contributed by atoms with Crippen LogP contribution in [0.5, 0.6) is 5.75 Å². The number of carbonyl (C=O) groups is 1. The zero-order chi connectivity index (χ0) is 14.7. The van der Waals surface area contributed by atoms with Gasteiger partial charge in [0.1, 0.15) is 17.9 Å². The van der Waals surface area contributed by atoms with Gasteiger partial charge in [-0.05, 0) is 24.3 Å². The van der Waals surface area contributed by atoms with Crippen molar-refractivity contribution in [3.8, 4) is 5.75 Å². The summed E-state index contributed by atoms with van der Waals surface area (Å²) in [6, 6.07) is 15.9. The molecule has 0 aliphatic heterocycles. The molecule has 0 saturated carbocycles. The summed E-state index contributed by atoms with van der Waals surface area (Å²) in [5, 5.41) is 0.833. The molecule has 0 aliphatic carbocycles. The Morgan fingerprint density at radius 3 is 2.67 bits per heavy atom. The maximum atomic E-state index is 11.9. The zero-order valence-electron chi connectivity index (χ0n) is 11.1. The van der Waals surface area contributed by atoms with Crippen molar-refractivity contribution >= 4 is 17.3 Å². The van der Waals surface area contributed by atoms with Crippen LogP contribution in [0.2, 0.25) is 0 Å². The van der Waals surface area contributed by atoms with Crippen LogP contribution in [0.25, 0.3) is 11.0 Å². The highest BCUT2D eigenvalue weighted by atomic mass is 16.5. The molecule has 4 nitrogen and oxygen atoms in total. The second kappa shape index (κ2) is 5.63. The van der Waals surface area contributed by atoms with E-state index < -0.39 is 5.63 Å². The quantitative estimate of drug-likeness (QED) is 0.544. The lowest BCUT2D eigenvalue weighted by atomic mass is 10.2. The Hall–Kier alpha value is -2.88. The van der Waals surface area contributed by atoms with Crippen molar-refractivity contribution in [2.45, 2.75) is 6.61 Å². The van der Waals surface area contributed by atoms with Crippen molar-refractivity contribution < 1.29 is 13.9 Å². The van der Waals surface area contributed by atoms with Gasteiger partial charge in [0.2, 0.25) is 0 Å². The van der Waals surface area contributed by atoms with Crippen LogP contribution in [-0.2, 0) is 6.61 Å². The molecule has 2 aromatic carbocycles. The molecule has 0 saturated heterocycles. The SMILES string of the molecule is O=Cc1ccccc1OCc1cc2ccccc2oc1=O. The Balaban J connectivity index is 1.90. The molecule has 0 atom stereocenters. The molecule has 0 radical (unpaired) electrons. The zero-order valence-corrected chi connectivity index (χ0v) is 11.1. The van der Waals surface area contributed by atoms with E-state index in [-0.39, 0.29) is 6.61 Å². The number of carbonyl (C=O) groups excluding carboxylic acids is 1. The molecule has 3 aromatic rings. The Kier molecular flexibility index (Phi) is 3.51. The van der Waals surface area contributed by atoms with Crippen molar-refractivity contribution in [3.63, 3.8) is 0 Å². The van der Waals surface area contributed by atoms with E-state index in [1.807, 2.05) is 18.2 Å². The third kappa shape index (κ3) is 2.69. The number of para-hydroxylation sites is 2. The number of hydrogen-bond acceptors (Lipinski definition) is 4. The molecular formula is C17H12O4. The molecule has 1 heterocycles. The van der Waals surface area contributed by atoms with E-state index in [4.69, 9.17) is 9.15 Å². The van der Waals surface area contributed by atoms with Crippen LogP contribution in [0.3, 0.4) is 0 Å². The molecule has 0 N–H and O–H groups in total. The average Bonchev–Trinajstić information content (AvgIpc) is 2.53. The number of hydrogen-bond donors (Lipinski definition) is 0. The third-order valence-corrected chi connectivity index (χ3v) is 3.14. The van der Waals surface area contributed by atoms with E-state index in [1.165, 1.54) is 0 Å². The summed E-state index contributed by atoms with van der Waals surface area (Å²) in [4.78, 5) is 22.8. The van der Waals surface area contributed by atoms with Crippen LogP contribution in [0.15, 0.2) is 63.8 Å². The van der Waals surface area contributed by atoms with Crippen molar-refractivity contribution in [1.82, 2.24) is 0 Å². The van der Waals surface area contributed by atoms with Crippen LogP contribution in [-0.4, -0.2) is 6.29 Å². The topological polar surface area (TPSA) is 56.5 Å². The minimum absolute atomic E-state index is 0.0536. The molecule has 104 valence electrons. The van der Waals surface area contributed by atoms with Gasteiger partial charge in [-0.1, -0.05) is 30.3 Å². The van der Waals surface area contributed by atoms with E-state index in [9.17, 15) is 9.59 Å². The van der Waals surface area contributed by atoms with Crippen molar-refractivity contribution in [1.29, 1.82) is 0 Å². The lowest BCUT2D eigenvalue weighted by Gasteiger charge is -2.07. The Morgan fingerprint density at radius 1 is 1.05 bits per heavy atom. The van der Waals surface area contributed by atoms with Gasteiger partial charge in [-0.15, -0.1) is 0 Å². The molecule has 4 heteroatoms. The van der Waals surface area contributed by atoms with Crippen molar-refractivity contribution in [2.24, 2.45) is 0 Å². The molecule has 0 bridgehead atoms. The van der Waals surface area contributed by atoms with Gasteiger partial charge < -0.3 is 9.15 Å². The molecule has 0 fully saturated rings. The highest BCUT2D eigenvalue weighted by molar-refractivity contribution is 5.79. The van der Waals surface area contributed by atoms with E-state index in [0.29, 0.717) is 22.5 Å². The highest BCUT2D eigenvalue weighted by Crippen LogP contribution is 2.18. The van der Waals surface area contributed by atoms with Gasteiger partial charge >= 0.3 is 5.63 Å². The van der Waals surface area contributed by atoms with Crippen molar-refractivity contribution in [3.05, 3.63) is 76.1 Å². The first-order valence-corrected chi connectivity index (χ1v) is 6.47. The standard InChI is InChI=1S/C17H12O4/c18-10-13-6-2-3-7-15(13)20-11-14-9-12-5-1-4-8-16(12)21-17(14)19/h1-10H,11H2. The van der Waals surface area contributed by atoms with E-state index in [0.717, 1.165) is 11.7 Å². The van der Waals surface area contributed by atoms with Crippen LogP contribution in [0.4, 0.5) is 0 Å². The molecule has 0 amide bonds. The van der Waals surface area contributed by atoms with Gasteiger partial charge in [-0.3, -0.25) is 4.79 Å². The number of rotatable bonds is 4. The predicted octanol–water partition coefficient (Wildman–Crippen LogP) is 3.18. The maximum absolute atomic E-state index is 11.9. The average molecular weight is 280 g/mol. The number of ether oxygens (including phenoxy) is 1. The third-order valence-electron chi connectivity index (χ3n) is 3.14. The van der Waals surface area contributed by atoms with Gasteiger partial charge in [0.15, 0.2) is 6.29 Å². The Labute approximate surface area is 120 Å². The Bertz CT molecular complexity index is 849. The van der Waals surface area contributed by atoms with Crippen LogP contribution in [0.1, 0.15) is 15.9 Å². The molecule has 21 heavy (non-hydrogen) atoms.